The fraction of sp³-hybridized carbons (Fsp3) is 0.320. The molecule has 0 aliphatic carbocycles. The van der Waals surface area contributed by atoms with Crippen LogP contribution in [0.25, 0.3) is 0 Å². The summed E-state index contributed by atoms with van der Waals surface area (Å²) in [6.07, 6.45) is 1.87. The first-order valence-corrected chi connectivity index (χ1v) is 12.6. The molecule has 182 valence electrons. The van der Waals surface area contributed by atoms with Gasteiger partial charge in [0.1, 0.15) is 0 Å². The van der Waals surface area contributed by atoms with E-state index in [1.807, 2.05) is 49.4 Å². The van der Waals surface area contributed by atoms with Crippen molar-refractivity contribution in [1.29, 1.82) is 0 Å². The molecule has 3 amide bonds. The van der Waals surface area contributed by atoms with Crippen molar-refractivity contribution in [2.24, 2.45) is 5.92 Å². The number of hydrogen-bond donors (Lipinski definition) is 2. The highest BCUT2D eigenvalue weighted by atomic mass is 35.5. The molecule has 2 heterocycles. The molecule has 10 heteroatoms. The van der Waals surface area contributed by atoms with Crippen LogP contribution in [0.3, 0.4) is 0 Å². The predicted molar refractivity (Wildman–Crippen MR) is 136 cm³/mol. The smallest absolute Gasteiger partial charge is 0.286 e. The highest BCUT2D eigenvalue weighted by molar-refractivity contribution is 7.15. The van der Waals surface area contributed by atoms with Crippen LogP contribution in [-0.2, 0) is 11.3 Å². The first kappa shape index (κ1) is 24.8. The molecule has 1 saturated heterocycles. The van der Waals surface area contributed by atoms with Crippen molar-refractivity contribution in [3.8, 4) is 0 Å². The molecule has 4 rings (SSSR count). The molecule has 0 radical (unpaired) electrons. The van der Waals surface area contributed by atoms with E-state index in [1.165, 1.54) is 0 Å². The molecular formula is C25H26ClN5O3S. The van der Waals surface area contributed by atoms with E-state index < -0.39 is 5.91 Å². The van der Waals surface area contributed by atoms with Gasteiger partial charge in [-0.2, -0.15) is 0 Å². The molecule has 1 aliphatic heterocycles. The van der Waals surface area contributed by atoms with Crippen LogP contribution >= 0.6 is 22.9 Å². The van der Waals surface area contributed by atoms with Gasteiger partial charge in [0.05, 0.1) is 0 Å². The maximum atomic E-state index is 12.9. The van der Waals surface area contributed by atoms with Crippen molar-refractivity contribution >= 4 is 46.3 Å². The van der Waals surface area contributed by atoms with E-state index in [1.54, 1.807) is 11.0 Å². The Morgan fingerprint density at radius 1 is 1.03 bits per heavy atom. The summed E-state index contributed by atoms with van der Waals surface area (Å²) in [5.41, 5.74) is 2.63. The minimum Gasteiger partial charge on any atom is -0.352 e. The average Bonchev–Trinajstić information content (AvgIpc) is 3.36. The molecule has 0 bridgehead atoms. The Bertz CT molecular complexity index is 1210. The maximum absolute atomic E-state index is 12.9. The third kappa shape index (κ3) is 6.64. The van der Waals surface area contributed by atoms with Crippen molar-refractivity contribution in [2.75, 3.05) is 18.4 Å². The Morgan fingerprint density at radius 3 is 2.43 bits per heavy atom. The van der Waals surface area contributed by atoms with Gasteiger partial charge in [0.2, 0.25) is 15.9 Å². The van der Waals surface area contributed by atoms with E-state index in [9.17, 15) is 14.4 Å². The highest BCUT2D eigenvalue weighted by Crippen LogP contribution is 2.23. The van der Waals surface area contributed by atoms with E-state index >= 15 is 0 Å². The number of nitrogens with zero attached hydrogens (tertiary/aromatic N) is 3. The number of benzene rings is 2. The van der Waals surface area contributed by atoms with Crippen LogP contribution in [-0.4, -0.2) is 45.9 Å². The molecule has 1 aromatic heterocycles. The molecule has 0 spiro atoms. The predicted octanol–water partition coefficient (Wildman–Crippen LogP) is 4.31. The van der Waals surface area contributed by atoms with E-state index in [-0.39, 0.29) is 27.7 Å². The lowest BCUT2D eigenvalue weighted by Crippen LogP contribution is -2.39. The minimum absolute atomic E-state index is 0.0250. The van der Waals surface area contributed by atoms with Crippen molar-refractivity contribution in [2.45, 2.75) is 32.7 Å². The number of likely N-dealkylation sites (tertiary alicyclic amines) is 1. The number of rotatable bonds is 7. The van der Waals surface area contributed by atoms with Crippen LogP contribution in [0.1, 0.15) is 50.0 Å². The molecule has 0 saturated carbocycles. The number of nitrogens with one attached hydrogen (secondary N) is 2. The summed E-state index contributed by atoms with van der Waals surface area (Å²) >= 11 is 7.12. The summed E-state index contributed by atoms with van der Waals surface area (Å²) < 4.78 is 0. The fourth-order valence-electron chi connectivity index (χ4n) is 3.87. The third-order valence-electron chi connectivity index (χ3n) is 5.92. The Morgan fingerprint density at radius 2 is 1.71 bits per heavy atom. The van der Waals surface area contributed by atoms with Crippen LogP contribution < -0.4 is 10.6 Å². The summed E-state index contributed by atoms with van der Waals surface area (Å²) in [5.74, 6) is -0.455. The summed E-state index contributed by atoms with van der Waals surface area (Å²) in [7, 11) is 0. The van der Waals surface area contributed by atoms with Gasteiger partial charge in [-0.25, -0.2) is 0 Å². The number of aromatic nitrogens is 2. The molecule has 8 nitrogen and oxygen atoms in total. The zero-order valence-electron chi connectivity index (χ0n) is 19.3. The summed E-state index contributed by atoms with van der Waals surface area (Å²) in [5, 5.41) is 14.5. The lowest BCUT2D eigenvalue weighted by molar-refractivity contribution is -0.122. The highest BCUT2D eigenvalue weighted by Gasteiger charge is 2.28. The van der Waals surface area contributed by atoms with Crippen LogP contribution in [0.2, 0.25) is 5.02 Å². The van der Waals surface area contributed by atoms with Crippen molar-refractivity contribution in [3.63, 3.8) is 0 Å². The number of hydrogen-bond acceptors (Lipinski definition) is 6. The first-order chi connectivity index (χ1) is 16.9. The zero-order chi connectivity index (χ0) is 24.8. The van der Waals surface area contributed by atoms with Gasteiger partial charge in [-0.1, -0.05) is 58.8 Å². The molecule has 3 aromatic rings. The third-order valence-corrected chi connectivity index (χ3v) is 7.20. The summed E-state index contributed by atoms with van der Waals surface area (Å²) in [6, 6.07) is 14.8. The van der Waals surface area contributed by atoms with Crippen LogP contribution in [0, 0.1) is 12.8 Å². The average molecular weight is 512 g/mol. The Balaban J connectivity index is 1.23. The SMILES string of the molecule is Cc1ccc(NC(=O)c2nnc(C(=O)N3CCC(CC(=O)NCc4ccccc4Cl)CC3)s2)cc1. The van der Waals surface area contributed by atoms with Crippen LogP contribution in [0.5, 0.6) is 0 Å². The second-order valence-electron chi connectivity index (χ2n) is 8.54. The minimum atomic E-state index is -0.396. The fourth-order valence-corrected chi connectivity index (χ4v) is 4.78. The standard InChI is InChI=1S/C25H26ClN5O3S/c1-16-6-8-19(9-7-16)28-22(33)23-29-30-24(35-23)25(34)31-12-10-17(11-13-31)14-21(32)27-15-18-4-2-3-5-20(18)26/h2-9,17H,10-15H2,1H3,(H,27,32)(H,28,33). The van der Waals surface area contributed by atoms with Crippen LogP contribution in [0.15, 0.2) is 48.5 Å². The number of aryl methyl sites for hydroxylation is 1. The lowest BCUT2D eigenvalue weighted by atomic mass is 9.93. The Hall–Kier alpha value is -3.30. The Labute approximate surface area is 212 Å². The Kier molecular flexibility index (Phi) is 8.09. The van der Waals surface area contributed by atoms with E-state index in [0.29, 0.717) is 36.8 Å². The molecule has 0 atom stereocenters. The van der Waals surface area contributed by atoms with E-state index in [0.717, 1.165) is 35.3 Å². The van der Waals surface area contributed by atoms with Gasteiger partial charge in [-0.3, -0.25) is 14.4 Å². The van der Waals surface area contributed by atoms with Crippen molar-refractivity contribution in [1.82, 2.24) is 20.4 Å². The molecule has 2 N–H and O–H groups in total. The summed E-state index contributed by atoms with van der Waals surface area (Å²) in [4.78, 5) is 39.4. The number of carbonyl (C=O) groups excluding carboxylic acids is 3. The monoisotopic (exact) mass is 511 g/mol. The molecule has 35 heavy (non-hydrogen) atoms. The number of carbonyl (C=O) groups is 3. The van der Waals surface area contributed by atoms with E-state index in [4.69, 9.17) is 11.6 Å². The summed E-state index contributed by atoms with van der Waals surface area (Å²) in [6.45, 7) is 3.43. The zero-order valence-corrected chi connectivity index (χ0v) is 20.9. The van der Waals surface area contributed by atoms with Gasteiger partial charge in [0.15, 0.2) is 0 Å². The second kappa shape index (κ2) is 11.4. The number of halogens is 1. The molecule has 1 aliphatic rings. The van der Waals surface area contributed by atoms with Gasteiger partial charge in [0, 0.05) is 36.8 Å². The van der Waals surface area contributed by atoms with Crippen molar-refractivity contribution in [3.05, 3.63) is 74.7 Å². The van der Waals surface area contributed by atoms with E-state index in [2.05, 4.69) is 20.8 Å². The topological polar surface area (TPSA) is 104 Å². The first-order valence-electron chi connectivity index (χ1n) is 11.4. The quantitative estimate of drug-likeness (QED) is 0.492. The normalized spacial score (nSPS) is 13.9. The number of amides is 3. The van der Waals surface area contributed by atoms with Gasteiger partial charge in [0.25, 0.3) is 11.8 Å². The molecule has 0 unspecified atom stereocenters. The molecular weight excluding hydrogens is 486 g/mol. The second-order valence-corrected chi connectivity index (χ2v) is 9.93. The van der Waals surface area contributed by atoms with Gasteiger partial charge in [-0.05, 0) is 49.4 Å². The number of anilines is 1. The van der Waals surface area contributed by atoms with Gasteiger partial charge >= 0.3 is 0 Å². The largest absolute Gasteiger partial charge is 0.352 e. The van der Waals surface area contributed by atoms with Gasteiger partial charge in [-0.15, -0.1) is 10.2 Å². The lowest BCUT2D eigenvalue weighted by Gasteiger charge is -2.31. The maximum Gasteiger partial charge on any atom is 0.286 e. The van der Waals surface area contributed by atoms with Crippen molar-refractivity contribution < 1.29 is 14.4 Å². The van der Waals surface area contributed by atoms with Crippen LogP contribution in [0.4, 0.5) is 5.69 Å². The molecule has 1 fully saturated rings. The molecule has 2 aromatic carbocycles. The van der Waals surface area contributed by atoms with Gasteiger partial charge < -0.3 is 15.5 Å². The number of piperidine rings is 1.